The molecule has 0 radical (unpaired) electrons. The summed E-state index contributed by atoms with van der Waals surface area (Å²) in [4.78, 5) is 19.2. The van der Waals surface area contributed by atoms with Crippen molar-refractivity contribution in [3.05, 3.63) is 45.9 Å². The molecule has 0 aliphatic rings. The molecule has 0 fully saturated rings. The molecule has 1 amide bonds. The summed E-state index contributed by atoms with van der Waals surface area (Å²) in [7, 11) is 1.75. The topological polar surface area (TPSA) is 79.5 Å². The number of carbonyl (C=O) groups is 1. The zero-order valence-corrected chi connectivity index (χ0v) is 12.9. The number of hydrogen-bond donors (Lipinski definition) is 2. The van der Waals surface area contributed by atoms with Gasteiger partial charge in [0.1, 0.15) is 5.75 Å². The Hall–Kier alpha value is -1.92. The highest BCUT2D eigenvalue weighted by Crippen LogP contribution is 2.15. The molecule has 2 aromatic rings. The molecule has 0 saturated carbocycles. The number of nitrogens with two attached hydrogens (primary N) is 1. The second kappa shape index (κ2) is 6.69. The average molecular weight is 305 g/mol. The van der Waals surface area contributed by atoms with E-state index in [0.717, 1.165) is 16.1 Å². The quantitative estimate of drug-likeness (QED) is 0.881. The van der Waals surface area contributed by atoms with Crippen molar-refractivity contribution in [2.24, 2.45) is 5.73 Å². The van der Waals surface area contributed by atoms with Crippen LogP contribution in [0.3, 0.4) is 0 Å². The summed E-state index contributed by atoms with van der Waals surface area (Å²) in [5.41, 5.74) is 9.64. The molecule has 112 valence electrons. The molecular weight excluding hydrogens is 286 g/mol. The van der Waals surface area contributed by atoms with Crippen molar-refractivity contribution in [2.75, 3.05) is 7.05 Å². The van der Waals surface area contributed by atoms with Crippen molar-refractivity contribution in [1.82, 2.24) is 9.88 Å². The van der Waals surface area contributed by atoms with Gasteiger partial charge in [0.05, 0.1) is 23.8 Å². The van der Waals surface area contributed by atoms with Crippen LogP contribution < -0.4 is 5.73 Å². The van der Waals surface area contributed by atoms with Gasteiger partial charge in [-0.15, -0.1) is 11.3 Å². The Morgan fingerprint density at radius 1 is 1.43 bits per heavy atom. The lowest BCUT2D eigenvalue weighted by Gasteiger charge is -2.21. The summed E-state index contributed by atoms with van der Waals surface area (Å²) in [5.74, 6) is 0.104. The number of carbonyl (C=O) groups excluding carboxylic acids is 1. The maximum atomic E-state index is 12.3. The van der Waals surface area contributed by atoms with Gasteiger partial charge in [0, 0.05) is 11.9 Å². The zero-order chi connectivity index (χ0) is 15.4. The van der Waals surface area contributed by atoms with Gasteiger partial charge in [-0.3, -0.25) is 4.79 Å². The van der Waals surface area contributed by atoms with Crippen LogP contribution in [0.15, 0.2) is 29.8 Å². The van der Waals surface area contributed by atoms with E-state index >= 15 is 0 Å². The van der Waals surface area contributed by atoms with E-state index in [2.05, 4.69) is 4.98 Å². The molecule has 0 spiro atoms. The highest BCUT2D eigenvalue weighted by Gasteiger charge is 2.19. The summed E-state index contributed by atoms with van der Waals surface area (Å²) in [6.07, 6.45) is 0.450. The van der Waals surface area contributed by atoms with Gasteiger partial charge < -0.3 is 15.7 Å². The molecule has 0 saturated heterocycles. The summed E-state index contributed by atoms with van der Waals surface area (Å²) >= 11 is 1.54. The predicted molar refractivity (Wildman–Crippen MR) is 83.1 cm³/mol. The number of rotatable bonds is 5. The van der Waals surface area contributed by atoms with Crippen molar-refractivity contribution in [3.63, 3.8) is 0 Å². The monoisotopic (exact) mass is 305 g/mol. The molecule has 0 aliphatic carbocycles. The van der Waals surface area contributed by atoms with Crippen LogP contribution in [-0.4, -0.2) is 34.0 Å². The van der Waals surface area contributed by atoms with E-state index in [1.165, 1.54) is 11.3 Å². The summed E-state index contributed by atoms with van der Waals surface area (Å²) in [5, 5.41) is 9.25. The maximum absolute atomic E-state index is 12.3. The van der Waals surface area contributed by atoms with Crippen LogP contribution in [0.4, 0.5) is 0 Å². The molecule has 5 nitrogen and oxygen atoms in total. The Bertz CT molecular complexity index is 610. The Balaban J connectivity index is 1.95. The van der Waals surface area contributed by atoms with Crippen LogP contribution in [0.25, 0.3) is 0 Å². The van der Waals surface area contributed by atoms with Gasteiger partial charge in [-0.05, 0) is 31.0 Å². The SMILES string of the molecule is Cc1ncsc1CN(C)C(=O)[C@@H](N)Cc1ccc(O)cc1. The average Bonchev–Trinajstić information content (AvgIpc) is 2.86. The molecule has 0 unspecified atom stereocenters. The Morgan fingerprint density at radius 2 is 2.10 bits per heavy atom. The lowest BCUT2D eigenvalue weighted by Crippen LogP contribution is -2.42. The molecule has 1 atom stereocenters. The number of aromatic hydroxyl groups is 1. The molecule has 2 rings (SSSR count). The molecule has 1 aromatic heterocycles. The minimum absolute atomic E-state index is 0.101. The number of aryl methyl sites for hydroxylation is 1. The normalized spacial score (nSPS) is 12.1. The number of thiazole rings is 1. The predicted octanol–water partition coefficient (Wildman–Crippen LogP) is 1.69. The van der Waals surface area contributed by atoms with E-state index in [-0.39, 0.29) is 11.7 Å². The first-order valence-corrected chi connectivity index (χ1v) is 7.52. The van der Waals surface area contributed by atoms with Crippen LogP contribution in [0.5, 0.6) is 5.75 Å². The fraction of sp³-hybridized carbons (Fsp3) is 0.333. The Kier molecular flexibility index (Phi) is 4.93. The molecular formula is C15H19N3O2S. The highest BCUT2D eigenvalue weighted by molar-refractivity contribution is 7.09. The maximum Gasteiger partial charge on any atom is 0.239 e. The van der Waals surface area contributed by atoms with Crippen molar-refractivity contribution in [3.8, 4) is 5.75 Å². The minimum atomic E-state index is -0.590. The lowest BCUT2D eigenvalue weighted by atomic mass is 10.1. The third kappa shape index (κ3) is 4.03. The number of benzene rings is 1. The van der Waals surface area contributed by atoms with Gasteiger partial charge in [0.2, 0.25) is 5.91 Å². The molecule has 6 heteroatoms. The largest absolute Gasteiger partial charge is 0.508 e. The van der Waals surface area contributed by atoms with E-state index in [9.17, 15) is 9.90 Å². The third-order valence-corrected chi connectivity index (χ3v) is 4.23. The van der Waals surface area contributed by atoms with Gasteiger partial charge in [-0.1, -0.05) is 12.1 Å². The number of amides is 1. The second-order valence-corrected chi connectivity index (χ2v) is 5.97. The minimum Gasteiger partial charge on any atom is -0.508 e. The van der Waals surface area contributed by atoms with Crippen LogP contribution in [-0.2, 0) is 17.8 Å². The van der Waals surface area contributed by atoms with Crippen molar-refractivity contribution < 1.29 is 9.90 Å². The second-order valence-electron chi connectivity index (χ2n) is 5.03. The van der Waals surface area contributed by atoms with Gasteiger partial charge in [-0.2, -0.15) is 0 Å². The fourth-order valence-corrected chi connectivity index (χ4v) is 2.86. The van der Waals surface area contributed by atoms with Crippen LogP contribution in [0.1, 0.15) is 16.1 Å². The summed E-state index contributed by atoms with van der Waals surface area (Å²) < 4.78 is 0. The third-order valence-electron chi connectivity index (χ3n) is 3.31. The molecule has 0 aliphatic heterocycles. The molecule has 21 heavy (non-hydrogen) atoms. The van der Waals surface area contributed by atoms with E-state index in [1.54, 1.807) is 41.7 Å². The van der Waals surface area contributed by atoms with E-state index < -0.39 is 6.04 Å². The standard InChI is InChI=1S/C15H19N3O2S/c1-10-14(21-9-17-10)8-18(2)15(20)13(16)7-11-3-5-12(19)6-4-11/h3-6,9,13,19H,7-8,16H2,1-2H3/t13-/m0/s1. The number of phenolic OH excluding ortho intramolecular Hbond substituents is 1. The lowest BCUT2D eigenvalue weighted by molar-refractivity contribution is -0.131. The summed E-state index contributed by atoms with van der Waals surface area (Å²) in [6.45, 7) is 2.46. The summed E-state index contributed by atoms with van der Waals surface area (Å²) in [6, 6.07) is 6.15. The van der Waals surface area contributed by atoms with E-state index in [0.29, 0.717) is 13.0 Å². The number of likely N-dealkylation sites (N-methyl/N-ethyl adjacent to an activating group) is 1. The van der Waals surface area contributed by atoms with Crippen molar-refractivity contribution in [1.29, 1.82) is 0 Å². The van der Waals surface area contributed by atoms with Crippen molar-refractivity contribution in [2.45, 2.75) is 25.9 Å². The molecule has 1 heterocycles. The first kappa shape index (κ1) is 15.5. The fourth-order valence-electron chi connectivity index (χ4n) is 2.03. The van der Waals surface area contributed by atoms with Crippen LogP contribution in [0, 0.1) is 6.92 Å². The van der Waals surface area contributed by atoms with Gasteiger partial charge in [0.25, 0.3) is 0 Å². The smallest absolute Gasteiger partial charge is 0.239 e. The van der Waals surface area contributed by atoms with Crippen LogP contribution >= 0.6 is 11.3 Å². The molecule has 0 bridgehead atoms. The highest BCUT2D eigenvalue weighted by atomic mass is 32.1. The number of phenols is 1. The zero-order valence-electron chi connectivity index (χ0n) is 12.1. The van der Waals surface area contributed by atoms with E-state index in [4.69, 9.17) is 5.73 Å². The number of aromatic nitrogens is 1. The Labute approximate surface area is 128 Å². The van der Waals surface area contributed by atoms with E-state index in [1.807, 2.05) is 6.92 Å². The van der Waals surface area contributed by atoms with Gasteiger partial charge in [-0.25, -0.2) is 4.98 Å². The van der Waals surface area contributed by atoms with Gasteiger partial charge in [0.15, 0.2) is 0 Å². The first-order valence-electron chi connectivity index (χ1n) is 6.65. The molecule has 1 aromatic carbocycles. The molecule has 3 N–H and O–H groups in total. The Morgan fingerprint density at radius 3 is 2.67 bits per heavy atom. The first-order chi connectivity index (χ1) is 9.97. The van der Waals surface area contributed by atoms with Gasteiger partial charge >= 0.3 is 0 Å². The van der Waals surface area contributed by atoms with Crippen molar-refractivity contribution >= 4 is 17.2 Å². The number of nitrogens with zero attached hydrogens (tertiary/aromatic N) is 2. The number of hydrogen-bond acceptors (Lipinski definition) is 5. The van der Waals surface area contributed by atoms with Crippen LogP contribution in [0.2, 0.25) is 0 Å².